The monoisotopic (exact) mass is 209 g/mol. The van der Waals surface area contributed by atoms with Crippen LogP contribution < -0.4 is 0 Å². The topological polar surface area (TPSA) is 40.5 Å². The summed E-state index contributed by atoms with van der Waals surface area (Å²) in [6, 6.07) is 5.94. The quantitative estimate of drug-likeness (QED) is 0.796. The van der Waals surface area contributed by atoms with Crippen molar-refractivity contribution >= 4 is 5.91 Å². The minimum absolute atomic E-state index is 0.0492. The second-order valence-corrected chi connectivity index (χ2v) is 3.67. The molecule has 0 unspecified atom stereocenters. The molecule has 0 radical (unpaired) electrons. The molecule has 0 spiro atoms. The summed E-state index contributed by atoms with van der Waals surface area (Å²) in [5, 5.41) is 9.51. The third-order valence-electron chi connectivity index (χ3n) is 2.56. The molecule has 0 bridgehead atoms. The molecule has 1 atom stereocenters. The van der Waals surface area contributed by atoms with Crippen molar-refractivity contribution in [1.29, 1.82) is 0 Å². The number of likely N-dealkylation sites (tertiary alicyclic amines) is 1. The average molecular weight is 209 g/mol. The summed E-state index contributed by atoms with van der Waals surface area (Å²) >= 11 is 0. The second kappa shape index (κ2) is 3.98. The van der Waals surface area contributed by atoms with E-state index in [9.17, 15) is 14.3 Å². The predicted octanol–water partition coefficient (Wildman–Crippen LogP) is 1.27. The zero-order valence-electron chi connectivity index (χ0n) is 8.19. The zero-order valence-corrected chi connectivity index (χ0v) is 8.19. The lowest BCUT2D eigenvalue weighted by atomic mass is 10.2. The number of aliphatic hydroxyl groups excluding tert-OH is 1. The summed E-state index contributed by atoms with van der Waals surface area (Å²) in [5.74, 6) is -0.348. The number of rotatable bonds is 2. The van der Waals surface area contributed by atoms with E-state index in [-0.39, 0.29) is 11.7 Å². The molecule has 1 saturated heterocycles. The van der Waals surface area contributed by atoms with Crippen LogP contribution >= 0.6 is 0 Å². The highest BCUT2D eigenvalue weighted by Crippen LogP contribution is 2.19. The SMILES string of the molecule is O=C1CC[C@H](O)N1Cc1ccc(F)cc1. The normalized spacial score (nSPS) is 21.1. The summed E-state index contributed by atoms with van der Waals surface area (Å²) in [7, 11) is 0. The van der Waals surface area contributed by atoms with Crippen LogP contribution in [0.2, 0.25) is 0 Å². The van der Waals surface area contributed by atoms with Gasteiger partial charge in [-0.25, -0.2) is 4.39 Å². The second-order valence-electron chi connectivity index (χ2n) is 3.67. The van der Waals surface area contributed by atoms with Crippen LogP contribution in [0.4, 0.5) is 4.39 Å². The van der Waals surface area contributed by atoms with Crippen LogP contribution in [-0.4, -0.2) is 22.1 Å². The number of hydrogen-bond donors (Lipinski definition) is 1. The highest BCUT2D eigenvalue weighted by Gasteiger charge is 2.28. The van der Waals surface area contributed by atoms with E-state index in [1.807, 2.05) is 0 Å². The number of benzene rings is 1. The van der Waals surface area contributed by atoms with E-state index in [1.165, 1.54) is 17.0 Å². The van der Waals surface area contributed by atoms with Crippen molar-refractivity contribution in [3.8, 4) is 0 Å². The van der Waals surface area contributed by atoms with Gasteiger partial charge in [-0.3, -0.25) is 4.79 Å². The highest BCUT2D eigenvalue weighted by molar-refractivity contribution is 5.78. The highest BCUT2D eigenvalue weighted by atomic mass is 19.1. The molecule has 1 aliphatic heterocycles. The first-order valence-electron chi connectivity index (χ1n) is 4.89. The van der Waals surface area contributed by atoms with Crippen molar-refractivity contribution in [2.24, 2.45) is 0 Å². The van der Waals surface area contributed by atoms with Crippen molar-refractivity contribution in [1.82, 2.24) is 4.90 Å². The summed E-state index contributed by atoms with van der Waals surface area (Å²) in [4.78, 5) is 12.8. The van der Waals surface area contributed by atoms with E-state index < -0.39 is 6.23 Å². The average Bonchev–Trinajstić information content (AvgIpc) is 2.53. The van der Waals surface area contributed by atoms with E-state index in [1.54, 1.807) is 12.1 Å². The van der Waals surface area contributed by atoms with Gasteiger partial charge in [-0.05, 0) is 17.7 Å². The van der Waals surface area contributed by atoms with Gasteiger partial charge in [0.25, 0.3) is 0 Å². The van der Waals surface area contributed by atoms with Crippen LogP contribution in [0.25, 0.3) is 0 Å². The molecule has 15 heavy (non-hydrogen) atoms. The van der Waals surface area contributed by atoms with Crippen LogP contribution in [-0.2, 0) is 11.3 Å². The van der Waals surface area contributed by atoms with Gasteiger partial charge in [0.1, 0.15) is 12.0 Å². The molecule has 1 N–H and O–H groups in total. The summed E-state index contributed by atoms with van der Waals surface area (Å²) in [5.41, 5.74) is 0.825. The Kier molecular flexibility index (Phi) is 2.68. The Hall–Kier alpha value is -1.42. The molecule has 2 rings (SSSR count). The molecule has 1 aliphatic rings. The van der Waals surface area contributed by atoms with Gasteiger partial charge in [0.15, 0.2) is 0 Å². The van der Waals surface area contributed by atoms with Gasteiger partial charge < -0.3 is 10.0 Å². The number of carbonyl (C=O) groups excluding carboxylic acids is 1. The Labute approximate surface area is 87.1 Å². The minimum atomic E-state index is -0.692. The molecule has 1 fully saturated rings. The summed E-state index contributed by atoms with van der Waals surface area (Å²) in [6.07, 6.45) is 0.185. The van der Waals surface area contributed by atoms with Gasteiger partial charge in [0.2, 0.25) is 5.91 Å². The largest absolute Gasteiger partial charge is 0.373 e. The van der Waals surface area contributed by atoms with Crippen LogP contribution in [0.5, 0.6) is 0 Å². The number of amides is 1. The first-order chi connectivity index (χ1) is 7.16. The van der Waals surface area contributed by atoms with E-state index >= 15 is 0 Å². The van der Waals surface area contributed by atoms with E-state index in [0.29, 0.717) is 19.4 Å². The Balaban J connectivity index is 2.08. The first kappa shape index (κ1) is 10.1. The van der Waals surface area contributed by atoms with Gasteiger partial charge in [-0.15, -0.1) is 0 Å². The van der Waals surface area contributed by atoms with E-state index in [0.717, 1.165) is 5.56 Å². The fourth-order valence-electron chi connectivity index (χ4n) is 1.70. The molecule has 4 heteroatoms. The molecule has 1 heterocycles. The molecule has 0 saturated carbocycles. The lowest BCUT2D eigenvalue weighted by Gasteiger charge is -2.20. The maximum absolute atomic E-state index is 12.6. The Morgan fingerprint density at radius 3 is 2.60 bits per heavy atom. The number of aliphatic hydroxyl groups is 1. The lowest BCUT2D eigenvalue weighted by Crippen LogP contribution is -2.31. The van der Waals surface area contributed by atoms with Gasteiger partial charge in [0.05, 0.1) is 0 Å². The third-order valence-corrected chi connectivity index (χ3v) is 2.56. The summed E-state index contributed by atoms with van der Waals surface area (Å²) < 4.78 is 12.6. The number of hydrogen-bond acceptors (Lipinski definition) is 2. The standard InChI is InChI=1S/C11H12FNO2/c12-9-3-1-8(2-4-9)7-13-10(14)5-6-11(13)15/h1-4,10,14H,5-7H2/t10-/m0/s1. The maximum atomic E-state index is 12.6. The van der Waals surface area contributed by atoms with Crippen LogP contribution in [0, 0.1) is 5.82 Å². The van der Waals surface area contributed by atoms with Gasteiger partial charge >= 0.3 is 0 Å². The number of halogens is 1. The van der Waals surface area contributed by atoms with Crippen molar-refractivity contribution in [3.05, 3.63) is 35.6 Å². The molecule has 80 valence electrons. The number of nitrogens with zero attached hydrogens (tertiary/aromatic N) is 1. The summed E-state index contributed by atoms with van der Waals surface area (Å²) in [6.45, 7) is 0.347. The first-order valence-corrected chi connectivity index (χ1v) is 4.89. The molecular weight excluding hydrogens is 197 g/mol. The number of carbonyl (C=O) groups is 1. The van der Waals surface area contributed by atoms with Crippen LogP contribution in [0.1, 0.15) is 18.4 Å². The fourth-order valence-corrected chi connectivity index (χ4v) is 1.70. The Morgan fingerprint density at radius 1 is 1.40 bits per heavy atom. The van der Waals surface area contributed by atoms with Crippen molar-refractivity contribution in [2.45, 2.75) is 25.6 Å². The Bertz CT molecular complexity index is 363. The van der Waals surface area contributed by atoms with Crippen molar-refractivity contribution in [2.75, 3.05) is 0 Å². The minimum Gasteiger partial charge on any atom is -0.373 e. The van der Waals surface area contributed by atoms with Crippen LogP contribution in [0.15, 0.2) is 24.3 Å². The maximum Gasteiger partial charge on any atom is 0.225 e. The molecule has 1 aromatic carbocycles. The van der Waals surface area contributed by atoms with E-state index in [4.69, 9.17) is 0 Å². The molecule has 0 aliphatic carbocycles. The molecule has 1 amide bonds. The van der Waals surface area contributed by atoms with Gasteiger partial charge in [-0.1, -0.05) is 12.1 Å². The Morgan fingerprint density at radius 2 is 2.07 bits per heavy atom. The molecule has 0 aromatic heterocycles. The van der Waals surface area contributed by atoms with Crippen LogP contribution in [0.3, 0.4) is 0 Å². The van der Waals surface area contributed by atoms with Gasteiger partial charge in [0, 0.05) is 19.4 Å². The van der Waals surface area contributed by atoms with Gasteiger partial charge in [-0.2, -0.15) is 0 Å². The zero-order chi connectivity index (χ0) is 10.8. The van der Waals surface area contributed by atoms with Crippen molar-refractivity contribution < 1.29 is 14.3 Å². The molecular formula is C11H12FNO2. The lowest BCUT2D eigenvalue weighted by molar-refractivity contribution is -0.134. The third kappa shape index (κ3) is 2.15. The van der Waals surface area contributed by atoms with Crippen molar-refractivity contribution in [3.63, 3.8) is 0 Å². The predicted molar refractivity (Wildman–Crippen MR) is 52.2 cm³/mol. The molecule has 1 aromatic rings. The molecule has 3 nitrogen and oxygen atoms in total. The fraction of sp³-hybridized carbons (Fsp3) is 0.364. The van der Waals surface area contributed by atoms with E-state index in [2.05, 4.69) is 0 Å². The smallest absolute Gasteiger partial charge is 0.225 e.